The van der Waals surface area contributed by atoms with Gasteiger partial charge in [-0.15, -0.1) is 34.2 Å². The number of hydrogen-bond acceptors (Lipinski definition) is 29. The predicted molar refractivity (Wildman–Crippen MR) is 218 cm³/mol. The van der Waals surface area contributed by atoms with Gasteiger partial charge in [-0.3, -0.25) is 17.8 Å². The highest BCUT2D eigenvalue weighted by atomic mass is 32.3. The molecule has 66 heavy (non-hydrogen) atoms. The third-order valence-electron chi connectivity index (χ3n) is 7.71. The van der Waals surface area contributed by atoms with Gasteiger partial charge in [-0.2, -0.15) is 30.4 Å². The maximum atomic E-state index is 12.8. The fourth-order valence-corrected chi connectivity index (χ4v) is 9.53. The zero-order valence-corrected chi connectivity index (χ0v) is 37.9. The van der Waals surface area contributed by atoms with Gasteiger partial charge in [0, 0.05) is 4.90 Å². The summed E-state index contributed by atoms with van der Waals surface area (Å²) in [5.74, 6) is -5.70. The number of hydrogen-bond donors (Lipinski definition) is 8. The first-order valence-corrected chi connectivity index (χ1v) is 25.5. The highest BCUT2D eigenvalue weighted by Gasteiger charge is 2.28. The maximum Gasteiger partial charge on any atom is 0.397 e. The molecule has 0 aliphatic carbocycles. The highest BCUT2D eigenvalue weighted by Crippen LogP contribution is 2.57. The molecule has 0 radical (unpaired) electrons. The second kappa shape index (κ2) is 22.3. The summed E-state index contributed by atoms with van der Waals surface area (Å²) in [6.07, 6.45) is 0. The number of aryl methyl sites for hydroxylation is 1. The number of phenolic OH excluding ortho intramolecular Hbond substituents is 3. The molecule has 0 atom stereocenters. The van der Waals surface area contributed by atoms with Gasteiger partial charge >= 0.3 is 10.4 Å². The molecule has 4 aromatic carbocycles. The Hall–Kier alpha value is -4.91. The third kappa shape index (κ3) is 14.5. The van der Waals surface area contributed by atoms with Crippen LogP contribution in [0.2, 0.25) is 0 Å². The van der Waals surface area contributed by atoms with Crippen LogP contribution in [0.1, 0.15) is 5.56 Å². The van der Waals surface area contributed by atoms with Crippen LogP contribution in [0.3, 0.4) is 0 Å². The van der Waals surface area contributed by atoms with Gasteiger partial charge < -0.3 is 15.3 Å². The van der Waals surface area contributed by atoms with Crippen molar-refractivity contribution in [2.75, 3.05) is 24.7 Å². The zero-order chi connectivity index (χ0) is 49.3. The molecule has 0 amide bonds. The van der Waals surface area contributed by atoms with E-state index in [0.29, 0.717) is 30.2 Å². The fraction of sp³-hybridized carbons (Fsp3) is 0.172. The van der Waals surface area contributed by atoms with Crippen molar-refractivity contribution in [1.29, 1.82) is 0 Å². The van der Waals surface area contributed by atoms with Crippen LogP contribution in [0.4, 0.5) is 34.1 Å². The van der Waals surface area contributed by atoms with Crippen LogP contribution in [0.5, 0.6) is 17.2 Å². The molecule has 30 nitrogen and oxygen atoms in total. The van der Waals surface area contributed by atoms with Crippen molar-refractivity contribution < 1.29 is 109 Å². The standard InChI is InChI=1S/C29H28N6O24S7/c1-15-12-22(64(45,46)47)20(14-21(15)60-58-56-39)32-35-26-28(37)24(33-30-16-2-4-17(5-3-16)62(41,42)10-8-54-61-59-57-40)27(36)25(29(26)38)34-31-19-7-6-18(13-23(19)65(48,49)50)63(43,44)11-9-55-66(51,52)53/h2-7,12-14,36-40H,8-11H2,1H3,(H,45,46,47)(H,48,49,50)(H,51,52,53)/b33-30+,34-31+,35-32+. The van der Waals surface area contributed by atoms with E-state index in [1.54, 1.807) is 0 Å². The Balaban J connectivity index is 1.89. The molecule has 4 aromatic rings. The van der Waals surface area contributed by atoms with E-state index in [2.05, 4.69) is 53.6 Å². The molecule has 8 N–H and O–H groups in total. The van der Waals surface area contributed by atoms with Gasteiger partial charge in [0.15, 0.2) is 66.3 Å². The lowest BCUT2D eigenvalue weighted by Crippen LogP contribution is -2.16. The van der Waals surface area contributed by atoms with E-state index in [9.17, 15) is 66.5 Å². The molecule has 0 fully saturated rings. The van der Waals surface area contributed by atoms with Crippen LogP contribution in [0.25, 0.3) is 0 Å². The lowest BCUT2D eigenvalue weighted by Gasteiger charge is -2.11. The van der Waals surface area contributed by atoms with Crippen molar-refractivity contribution in [2.45, 2.75) is 31.4 Å². The fourth-order valence-electron chi connectivity index (χ4n) is 4.74. The monoisotopic (exact) mass is 1070 g/mol. The van der Waals surface area contributed by atoms with Crippen LogP contribution in [-0.4, -0.2) is 106 Å². The summed E-state index contributed by atoms with van der Waals surface area (Å²) in [4.78, 5) is -3.31. The van der Waals surface area contributed by atoms with E-state index >= 15 is 0 Å². The summed E-state index contributed by atoms with van der Waals surface area (Å²) in [7, 11) is -24.2. The van der Waals surface area contributed by atoms with Crippen molar-refractivity contribution in [2.24, 2.45) is 30.7 Å². The first-order chi connectivity index (χ1) is 30.7. The van der Waals surface area contributed by atoms with Crippen LogP contribution in [-0.2, 0) is 77.4 Å². The molecule has 360 valence electrons. The molecule has 0 spiro atoms. The Morgan fingerprint density at radius 1 is 0.561 bits per heavy atom. The van der Waals surface area contributed by atoms with Gasteiger partial charge in [-0.25, -0.2) is 31.5 Å². The van der Waals surface area contributed by atoms with E-state index in [0.717, 1.165) is 36.4 Å². The third-order valence-corrected chi connectivity index (χ3v) is 14.4. The second-order valence-electron chi connectivity index (χ2n) is 12.0. The Labute approximate surface area is 379 Å². The molecule has 0 unspecified atom stereocenters. The van der Waals surface area contributed by atoms with Gasteiger partial charge in [-0.1, -0.05) is 10.1 Å². The minimum Gasteiger partial charge on any atom is -0.504 e. The summed E-state index contributed by atoms with van der Waals surface area (Å²) in [5.41, 5.74) is -5.00. The Morgan fingerprint density at radius 3 is 1.58 bits per heavy atom. The number of phenols is 3. The van der Waals surface area contributed by atoms with E-state index in [4.69, 9.17) is 19.3 Å². The van der Waals surface area contributed by atoms with Crippen molar-refractivity contribution >= 4 is 109 Å². The van der Waals surface area contributed by atoms with Crippen molar-refractivity contribution in [3.8, 4) is 17.2 Å². The number of azo groups is 3. The SMILES string of the molecule is Cc1cc(S(=O)(=O)O)c(/N=N/c2c(O)c(/N=N/c3ccc(S(=O)(=O)CCOSOOO)cc3)c(O)c(/N=N/c3ccc(S(=O)(=O)CCOS(=O)(=O)O)cc3S(=O)(=O)O)c2O)cc1SOOO. The lowest BCUT2D eigenvalue weighted by molar-refractivity contribution is -0.434. The van der Waals surface area contributed by atoms with Crippen LogP contribution >= 0.6 is 24.4 Å². The summed E-state index contributed by atoms with van der Waals surface area (Å²) in [6.45, 7) is -0.213. The Bertz CT molecular complexity index is 3120. The number of sulfone groups is 2. The molecule has 0 aliphatic rings. The van der Waals surface area contributed by atoms with Crippen molar-refractivity contribution in [3.63, 3.8) is 0 Å². The number of nitrogens with zero attached hydrogens (tertiary/aromatic N) is 6. The molecule has 0 heterocycles. The van der Waals surface area contributed by atoms with Crippen molar-refractivity contribution in [3.05, 3.63) is 60.2 Å². The zero-order valence-electron chi connectivity index (χ0n) is 32.2. The summed E-state index contributed by atoms with van der Waals surface area (Å²) in [5, 5.41) is 79.1. The first kappa shape index (κ1) is 53.7. The average molecular weight is 1070 g/mol. The van der Waals surface area contributed by atoms with E-state index in [1.807, 2.05) is 0 Å². The number of rotatable bonds is 23. The van der Waals surface area contributed by atoms with Gasteiger partial charge in [0.25, 0.3) is 20.2 Å². The first-order valence-electron chi connectivity index (χ1n) is 16.6. The van der Waals surface area contributed by atoms with Gasteiger partial charge in [-0.05, 0) is 67.1 Å². The lowest BCUT2D eigenvalue weighted by atomic mass is 10.2. The summed E-state index contributed by atoms with van der Waals surface area (Å²) >= 11 is 0.458. The molecule has 4 rings (SSSR count). The largest absolute Gasteiger partial charge is 0.504 e. The minimum absolute atomic E-state index is 0.0117. The minimum atomic E-state index is -5.42. The number of aromatic hydroxyl groups is 3. The molecular formula is C29H28N6O24S7. The smallest absolute Gasteiger partial charge is 0.397 e. The molecular weight excluding hydrogens is 1040 g/mol. The van der Waals surface area contributed by atoms with E-state index in [1.165, 1.54) is 6.92 Å². The highest BCUT2D eigenvalue weighted by molar-refractivity contribution is 7.94. The maximum absolute atomic E-state index is 12.8. The Kier molecular flexibility index (Phi) is 18.1. The van der Waals surface area contributed by atoms with Gasteiger partial charge in [0.05, 0.1) is 52.2 Å². The van der Waals surface area contributed by atoms with Gasteiger partial charge in [0.1, 0.15) is 21.2 Å². The molecule has 0 saturated carbocycles. The summed E-state index contributed by atoms with van der Waals surface area (Å²) in [6, 6.07) is 7.81. The molecule has 0 aromatic heterocycles. The molecule has 0 aliphatic heterocycles. The van der Waals surface area contributed by atoms with Crippen LogP contribution < -0.4 is 0 Å². The topological polar surface area (TPSA) is 462 Å². The van der Waals surface area contributed by atoms with E-state index < -0.39 is 135 Å². The Morgan fingerprint density at radius 2 is 1.05 bits per heavy atom. The average Bonchev–Trinajstić information content (AvgIpc) is 3.22. The van der Waals surface area contributed by atoms with Gasteiger partial charge in [0.2, 0.25) is 0 Å². The van der Waals surface area contributed by atoms with E-state index in [-0.39, 0.29) is 33.4 Å². The quantitative estimate of drug-likeness (QED) is 0.0111. The predicted octanol–water partition coefficient (Wildman–Crippen LogP) is 5.65. The number of benzene rings is 4. The van der Waals surface area contributed by atoms with Crippen molar-refractivity contribution in [1.82, 2.24) is 0 Å². The second-order valence-corrected chi connectivity index (χ2v) is 21.3. The van der Waals surface area contributed by atoms with Crippen LogP contribution in [0, 0.1) is 6.92 Å². The summed E-state index contributed by atoms with van der Waals surface area (Å²) < 4.78 is 167. The van der Waals surface area contributed by atoms with Crippen LogP contribution in [0.15, 0.2) is 110 Å². The normalized spacial score (nSPS) is 13.1. The molecule has 0 bridgehead atoms. The molecule has 37 heteroatoms. The molecule has 0 saturated heterocycles.